The zero-order valence-electron chi connectivity index (χ0n) is 24.2. The molecule has 3 nitrogen and oxygen atoms in total. The Kier molecular flexibility index (Phi) is 13.9. The highest BCUT2D eigenvalue weighted by Crippen LogP contribution is 2.60. The number of hydrogen-bond donors (Lipinski definition) is 0. The molecule has 0 aliphatic carbocycles. The first kappa shape index (κ1) is 54.1. The van der Waals surface area contributed by atoms with Crippen LogP contribution in [0.3, 0.4) is 0 Å². The van der Waals surface area contributed by atoms with E-state index in [1.54, 1.807) is 0 Å². The summed E-state index contributed by atoms with van der Waals surface area (Å²) in [4.78, 5) is 0. The fourth-order valence-corrected chi connectivity index (χ4v) is 4.54. The summed E-state index contributed by atoms with van der Waals surface area (Å²) in [6, 6.07) is 0. The van der Waals surface area contributed by atoms with Gasteiger partial charge in [0.05, 0.1) is 0 Å². The summed E-state index contributed by atoms with van der Waals surface area (Å²) in [5, 5.41) is 0. The number of halogens is 34. The molecule has 0 N–H and O–H groups in total. The van der Waals surface area contributed by atoms with E-state index in [2.05, 4.69) is 24.4 Å². The zero-order chi connectivity index (χ0) is 46.2. The van der Waals surface area contributed by atoms with Crippen LogP contribution >= 0.6 is 11.1 Å². The van der Waals surface area contributed by atoms with Gasteiger partial charge in [-0.2, -0.15) is 145 Å². The van der Waals surface area contributed by atoms with Crippen LogP contribution in [-0.4, -0.2) is 118 Å². The molecule has 0 aromatic carbocycles. The standard InChI is InChI=1S/C18H6ClF33O3Si/c19-56(53-1-4(20,21)7(26,27)10(32,33)13(38,39)16(44,45)46,54-2-5(22,23)8(28,29)11(34,35)14(40,41)17(47,48)49)55-3-6(24,25)9(30,31)12(36,37)15(42,43)18(50,51)52/h1-3H2. The van der Waals surface area contributed by atoms with Crippen molar-refractivity contribution in [3.05, 3.63) is 0 Å². The molecule has 56 heavy (non-hydrogen) atoms. The molecule has 0 bridgehead atoms. The third-order valence-electron chi connectivity index (χ3n) is 6.09. The number of alkyl halides is 33. The van der Waals surface area contributed by atoms with Gasteiger partial charge >= 0.3 is 97.7 Å². The van der Waals surface area contributed by atoms with Crippen molar-refractivity contribution >= 4 is 19.2 Å². The molecule has 0 aliphatic rings. The lowest BCUT2D eigenvalue weighted by atomic mass is 9.98. The van der Waals surface area contributed by atoms with E-state index in [1.807, 2.05) is 0 Å². The van der Waals surface area contributed by atoms with Gasteiger partial charge in [0, 0.05) is 0 Å². The summed E-state index contributed by atoms with van der Waals surface area (Å²) in [6.07, 6.45) is -23.9. The molecule has 0 saturated heterocycles. The minimum absolute atomic E-state index is 2.79. The van der Waals surface area contributed by atoms with Gasteiger partial charge in [-0.15, -0.1) is 0 Å². The van der Waals surface area contributed by atoms with Crippen molar-refractivity contribution in [1.82, 2.24) is 0 Å². The van der Waals surface area contributed by atoms with E-state index in [1.165, 1.54) is 0 Å². The molecule has 0 aliphatic heterocycles. The third-order valence-corrected chi connectivity index (χ3v) is 8.54. The average molecular weight is 961 g/mol. The Morgan fingerprint density at radius 2 is 0.393 bits per heavy atom. The van der Waals surface area contributed by atoms with Gasteiger partial charge in [0.15, 0.2) is 0 Å². The second kappa shape index (κ2) is 14.4. The summed E-state index contributed by atoms with van der Waals surface area (Å²) in [7, 11) is -8.17. The van der Waals surface area contributed by atoms with Gasteiger partial charge in [-0.05, 0) is 0 Å². The van der Waals surface area contributed by atoms with E-state index < -0.39 is 118 Å². The topological polar surface area (TPSA) is 27.7 Å². The maximum atomic E-state index is 14.0. The van der Waals surface area contributed by atoms with E-state index >= 15 is 0 Å². The van der Waals surface area contributed by atoms with Gasteiger partial charge in [-0.3, -0.25) is 0 Å². The van der Waals surface area contributed by atoms with Crippen molar-refractivity contribution in [2.24, 2.45) is 0 Å². The van der Waals surface area contributed by atoms with Gasteiger partial charge in [0.25, 0.3) is 0 Å². The van der Waals surface area contributed by atoms with Crippen molar-refractivity contribution in [2.45, 2.75) is 89.6 Å². The van der Waals surface area contributed by atoms with Crippen LogP contribution in [-0.2, 0) is 13.3 Å². The van der Waals surface area contributed by atoms with Gasteiger partial charge in [-0.1, -0.05) is 11.1 Å². The van der Waals surface area contributed by atoms with Crippen molar-refractivity contribution in [1.29, 1.82) is 0 Å². The van der Waals surface area contributed by atoms with Crippen LogP contribution in [0.4, 0.5) is 145 Å². The molecule has 0 atom stereocenters. The van der Waals surface area contributed by atoms with Crippen LogP contribution < -0.4 is 0 Å². The van der Waals surface area contributed by atoms with Gasteiger partial charge in [-0.25, -0.2) is 0 Å². The molecule has 0 saturated carbocycles. The Bertz CT molecular complexity index is 1200. The Hall–Kier alpha value is -1.92. The molecule has 0 amide bonds. The molecule has 0 aromatic heterocycles. The summed E-state index contributed by atoms with van der Waals surface area (Å²) in [5.41, 5.74) is 0. The van der Waals surface area contributed by atoms with Crippen molar-refractivity contribution in [2.75, 3.05) is 19.8 Å². The molecule has 38 heteroatoms. The van der Waals surface area contributed by atoms with Gasteiger partial charge < -0.3 is 13.3 Å². The van der Waals surface area contributed by atoms with Crippen LogP contribution in [0.2, 0.25) is 0 Å². The largest absolute Gasteiger partial charge is 0.613 e. The van der Waals surface area contributed by atoms with Gasteiger partial charge in [0.1, 0.15) is 19.8 Å². The molecule has 0 spiro atoms. The first-order valence-electron chi connectivity index (χ1n) is 12.0. The van der Waals surface area contributed by atoms with E-state index in [4.69, 9.17) is 0 Å². The van der Waals surface area contributed by atoms with Crippen LogP contribution in [0.15, 0.2) is 0 Å². The Labute approximate surface area is 288 Å². The maximum absolute atomic E-state index is 14.0. The second-order valence-corrected chi connectivity index (χ2v) is 13.3. The molecular weight excluding hydrogens is 955 g/mol. The average Bonchev–Trinajstić information content (AvgIpc) is 2.95. The second-order valence-electron chi connectivity index (χ2n) is 10.1. The number of rotatable bonds is 18. The maximum Gasteiger partial charge on any atom is 0.613 e. The summed E-state index contributed by atoms with van der Waals surface area (Å²) in [5.74, 6) is -98.8. The monoisotopic (exact) mass is 960 g/mol. The van der Waals surface area contributed by atoms with Crippen molar-refractivity contribution in [3.8, 4) is 0 Å². The SMILES string of the molecule is FC(F)(F)C(F)(F)C(F)(F)C(F)(F)C(F)(F)CO[Si](Cl)(OCC(F)(F)C(F)(F)C(F)(F)C(F)(F)C(F)(F)F)OCC(F)(F)C(F)(F)C(F)(F)C(F)(F)C(F)(F)F. The lowest BCUT2D eigenvalue weighted by Gasteiger charge is -2.39. The molecule has 0 rings (SSSR count). The minimum atomic E-state index is -8.53. The third kappa shape index (κ3) is 8.41. The molecule has 0 heterocycles. The predicted octanol–water partition coefficient (Wildman–Crippen LogP) is 11.0. The first-order chi connectivity index (χ1) is 23.6. The predicted molar refractivity (Wildman–Crippen MR) is 107 cm³/mol. The fourth-order valence-electron chi connectivity index (χ4n) is 2.74. The molecule has 338 valence electrons. The highest BCUT2D eigenvalue weighted by atomic mass is 35.6. The molecule has 0 radical (unpaired) electrons. The van der Waals surface area contributed by atoms with Crippen molar-refractivity contribution < 1.29 is 158 Å². The zero-order valence-corrected chi connectivity index (χ0v) is 26.0. The Morgan fingerprint density at radius 1 is 0.250 bits per heavy atom. The highest BCUT2D eigenvalue weighted by Gasteiger charge is 2.90. The van der Waals surface area contributed by atoms with Crippen LogP contribution in [0.25, 0.3) is 0 Å². The summed E-state index contributed by atoms with van der Waals surface area (Å²) >= 11 is 4.53. The lowest BCUT2D eigenvalue weighted by Crippen LogP contribution is -2.68. The summed E-state index contributed by atoms with van der Waals surface area (Å²) in [6.45, 7) is -13.6. The minimum Gasteiger partial charge on any atom is -0.355 e. The fraction of sp³-hybridized carbons (Fsp3) is 1.00. The van der Waals surface area contributed by atoms with E-state index in [9.17, 15) is 145 Å². The summed E-state index contributed by atoms with van der Waals surface area (Å²) < 4.78 is 443. The normalized spacial score (nSPS) is 16.8. The number of hydrogen-bond acceptors (Lipinski definition) is 3. The molecule has 0 aromatic rings. The van der Waals surface area contributed by atoms with Crippen molar-refractivity contribution in [3.63, 3.8) is 0 Å². The molecule has 0 unspecified atom stereocenters. The highest BCUT2D eigenvalue weighted by molar-refractivity contribution is 7.09. The van der Waals surface area contributed by atoms with Crippen LogP contribution in [0.5, 0.6) is 0 Å². The van der Waals surface area contributed by atoms with E-state index in [0.29, 0.717) is 0 Å². The lowest BCUT2D eigenvalue weighted by molar-refractivity contribution is -0.425. The van der Waals surface area contributed by atoms with Gasteiger partial charge in [0.2, 0.25) is 0 Å². The Morgan fingerprint density at radius 3 is 0.518 bits per heavy atom. The first-order valence-corrected chi connectivity index (χ1v) is 14.7. The quantitative estimate of drug-likeness (QED) is 0.0778. The molecular formula is C18H6ClF33O3Si. The van der Waals surface area contributed by atoms with Crippen LogP contribution in [0.1, 0.15) is 0 Å². The Balaban J connectivity index is 7.30. The van der Waals surface area contributed by atoms with E-state index in [-0.39, 0.29) is 0 Å². The van der Waals surface area contributed by atoms with E-state index in [0.717, 1.165) is 0 Å². The molecule has 0 fully saturated rings. The smallest absolute Gasteiger partial charge is 0.355 e. The van der Waals surface area contributed by atoms with Crippen LogP contribution in [0, 0.1) is 0 Å².